The summed E-state index contributed by atoms with van der Waals surface area (Å²) in [6.07, 6.45) is -5.26. The summed E-state index contributed by atoms with van der Waals surface area (Å²) in [6, 6.07) is 6.64. The third kappa shape index (κ3) is 7.20. The number of halogens is 7. The van der Waals surface area contributed by atoms with Crippen molar-refractivity contribution in [2.24, 2.45) is 0 Å². The van der Waals surface area contributed by atoms with Crippen molar-refractivity contribution < 1.29 is 40.7 Å². The average Bonchev–Trinajstić information content (AvgIpc) is 3.77. The minimum absolute atomic E-state index is 0.00569. The lowest BCUT2D eigenvalue weighted by Crippen LogP contribution is -2.69. The zero-order chi connectivity index (χ0) is 35.8. The Bertz CT molecular complexity index is 1710. The highest BCUT2D eigenvalue weighted by Gasteiger charge is 2.57. The van der Waals surface area contributed by atoms with E-state index < -0.39 is 58.0 Å². The Morgan fingerprint density at radius 1 is 1.00 bits per heavy atom. The van der Waals surface area contributed by atoms with Crippen molar-refractivity contribution in [2.45, 2.75) is 81.9 Å². The molecule has 2 saturated heterocycles. The first kappa shape index (κ1) is 36.4. The number of nitrogens with zero attached hydrogens (tertiary/aromatic N) is 4. The van der Waals surface area contributed by atoms with Gasteiger partial charge in [-0.2, -0.15) is 26.3 Å². The van der Waals surface area contributed by atoms with Crippen molar-refractivity contribution in [3.63, 3.8) is 0 Å². The van der Waals surface area contributed by atoms with Crippen LogP contribution in [0.3, 0.4) is 0 Å². The first-order valence-corrected chi connectivity index (χ1v) is 18.0. The van der Waals surface area contributed by atoms with Crippen LogP contribution in [0.2, 0.25) is 5.02 Å². The number of alkyl halides is 6. The number of aromatic nitrogens is 1. The lowest BCUT2D eigenvalue weighted by molar-refractivity contribution is -0.163. The van der Waals surface area contributed by atoms with Crippen LogP contribution in [0.5, 0.6) is 5.75 Å². The molecule has 3 aliphatic heterocycles. The molecular formula is C35H37ClF6N4O3S. The number of piperidine rings is 1. The Morgan fingerprint density at radius 2 is 1.76 bits per heavy atom. The summed E-state index contributed by atoms with van der Waals surface area (Å²) < 4.78 is 90.0. The van der Waals surface area contributed by atoms with Crippen LogP contribution < -0.4 is 4.74 Å². The van der Waals surface area contributed by atoms with Gasteiger partial charge < -0.3 is 19.4 Å². The fourth-order valence-electron chi connectivity index (χ4n) is 7.65. The van der Waals surface area contributed by atoms with E-state index in [1.54, 1.807) is 17.9 Å². The normalized spacial score (nSPS) is 23.2. The number of rotatable bonds is 8. The molecule has 0 aliphatic carbocycles. The number of ether oxygens (including phenoxy) is 1. The Kier molecular flexibility index (Phi) is 10.4. The number of fused-ring (bicyclic) bond motifs is 1. The third-order valence-electron chi connectivity index (χ3n) is 9.87. The summed E-state index contributed by atoms with van der Waals surface area (Å²) in [5.41, 5.74) is -2.06. The van der Waals surface area contributed by atoms with E-state index in [4.69, 9.17) is 16.3 Å². The van der Waals surface area contributed by atoms with Crippen molar-refractivity contribution in [3.8, 4) is 5.75 Å². The number of hydrogen-bond acceptors (Lipinski definition) is 6. The van der Waals surface area contributed by atoms with Gasteiger partial charge in [-0.15, -0.1) is 11.3 Å². The van der Waals surface area contributed by atoms with Crippen LogP contribution in [-0.2, 0) is 23.6 Å². The van der Waals surface area contributed by atoms with E-state index in [9.17, 15) is 31.1 Å². The standard InChI is InChI=1S/C35H37ClF6N4O3S/c1-2-7-28-33(49-24-19-29(50-21-24)35(40,41)42,12-6-16-46(28)31(47)30-26(34(37,38)39)8-5-13-43-30)32(48)45-17-11-22-18-23(36)9-10-25(22)27(45)20-44-14-3-4-15-44/h5,8-10,13,18-19,21,27-28H,2-4,6-7,11-12,14-17,20H2,1H3/t27?,28-,33-/m1/s1. The molecule has 270 valence electrons. The molecule has 0 radical (unpaired) electrons. The molecule has 15 heteroatoms. The van der Waals surface area contributed by atoms with E-state index >= 15 is 4.79 Å². The molecule has 2 aromatic heterocycles. The second-order valence-electron chi connectivity index (χ2n) is 13.1. The van der Waals surface area contributed by atoms with Crippen molar-refractivity contribution in [1.82, 2.24) is 19.7 Å². The molecule has 2 fully saturated rings. The smallest absolute Gasteiger partial charge is 0.425 e. The molecule has 50 heavy (non-hydrogen) atoms. The van der Waals surface area contributed by atoms with Crippen molar-refractivity contribution in [1.29, 1.82) is 0 Å². The molecule has 3 aliphatic rings. The maximum atomic E-state index is 15.4. The number of likely N-dealkylation sites (tertiary alicyclic amines) is 2. The number of pyridine rings is 1. The minimum atomic E-state index is -4.88. The number of amides is 2. The SMILES string of the molecule is CCC[C@H]1N(C(=O)c2ncccc2C(F)(F)F)CCC[C@]1(Oc1csc(C(F)(F)F)c1)C(=O)N1CCc2cc(Cl)ccc2C1CN1CCCC1. The van der Waals surface area contributed by atoms with Gasteiger partial charge in [-0.05, 0) is 80.6 Å². The Labute approximate surface area is 295 Å². The van der Waals surface area contributed by atoms with Gasteiger partial charge in [0.1, 0.15) is 16.3 Å². The summed E-state index contributed by atoms with van der Waals surface area (Å²) in [7, 11) is 0. The van der Waals surface area contributed by atoms with Gasteiger partial charge in [0.2, 0.25) is 5.60 Å². The lowest BCUT2D eigenvalue weighted by Gasteiger charge is -2.51. The predicted molar refractivity (Wildman–Crippen MR) is 176 cm³/mol. The van der Waals surface area contributed by atoms with Crippen LogP contribution >= 0.6 is 22.9 Å². The number of thiophene rings is 1. The van der Waals surface area contributed by atoms with Gasteiger partial charge in [-0.1, -0.05) is 31.0 Å². The van der Waals surface area contributed by atoms with Gasteiger partial charge in [0.05, 0.1) is 17.6 Å². The van der Waals surface area contributed by atoms with E-state index in [1.807, 2.05) is 12.1 Å². The Morgan fingerprint density at radius 3 is 2.44 bits per heavy atom. The Balaban J connectivity index is 1.46. The monoisotopic (exact) mass is 742 g/mol. The maximum absolute atomic E-state index is 15.4. The van der Waals surface area contributed by atoms with E-state index in [0.717, 1.165) is 61.5 Å². The summed E-state index contributed by atoms with van der Waals surface area (Å²) in [5.74, 6) is -1.74. The van der Waals surface area contributed by atoms with Crippen LogP contribution in [-0.4, -0.2) is 75.9 Å². The molecule has 3 aromatic rings. The maximum Gasteiger partial charge on any atom is 0.425 e. The zero-order valence-electron chi connectivity index (χ0n) is 27.3. The van der Waals surface area contributed by atoms with Gasteiger partial charge in [-0.25, -0.2) is 0 Å². The van der Waals surface area contributed by atoms with Gasteiger partial charge in [0.25, 0.3) is 11.8 Å². The third-order valence-corrected chi connectivity index (χ3v) is 11.1. The zero-order valence-corrected chi connectivity index (χ0v) is 28.9. The topological polar surface area (TPSA) is 66.0 Å². The number of hydrogen-bond donors (Lipinski definition) is 0. The minimum Gasteiger partial charge on any atom is -0.474 e. The predicted octanol–water partition coefficient (Wildman–Crippen LogP) is 8.28. The van der Waals surface area contributed by atoms with Crippen LogP contribution in [0, 0.1) is 0 Å². The first-order chi connectivity index (χ1) is 23.7. The van der Waals surface area contributed by atoms with Gasteiger partial charge in [0, 0.05) is 48.7 Å². The number of carbonyl (C=O) groups is 2. The number of benzene rings is 1. The average molecular weight is 743 g/mol. The van der Waals surface area contributed by atoms with E-state index in [-0.39, 0.29) is 38.1 Å². The van der Waals surface area contributed by atoms with Crippen molar-refractivity contribution >= 4 is 34.8 Å². The summed E-state index contributed by atoms with van der Waals surface area (Å²) in [4.78, 5) is 37.6. The summed E-state index contributed by atoms with van der Waals surface area (Å²) in [6.45, 7) is 4.23. The van der Waals surface area contributed by atoms with Crippen LogP contribution in [0.15, 0.2) is 48.0 Å². The highest BCUT2D eigenvalue weighted by atomic mass is 35.5. The quantitative estimate of drug-likeness (QED) is 0.218. The second kappa shape index (κ2) is 14.3. The molecular weight excluding hydrogens is 706 g/mol. The molecule has 7 nitrogen and oxygen atoms in total. The van der Waals surface area contributed by atoms with Gasteiger partial charge in [-0.3, -0.25) is 14.6 Å². The van der Waals surface area contributed by atoms with Crippen LogP contribution in [0.1, 0.15) is 83.5 Å². The van der Waals surface area contributed by atoms with Gasteiger partial charge in [0.15, 0.2) is 0 Å². The number of carbonyl (C=O) groups excluding carboxylic acids is 2. The van der Waals surface area contributed by atoms with E-state index in [0.29, 0.717) is 35.7 Å². The molecule has 0 N–H and O–H groups in total. The lowest BCUT2D eigenvalue weighted by atomic mass is 9.78. The molecule has 5 heterocycles. The van der Waals surface area contributed by atoms with E-state index in [1.165, 1.54) is 10.3 Å². The van der Waals surface area contributed by atoms with Crippen LogP contribution in [0.25, 0.3) is 0 Å². The molecule has 2 amide bonds. The molecule has 0 bridgehead atoms. The van der Waals surface area contributed by atoms with E-state index in [2.05, 4.69) is 9.88 Å². The molecule has 1 unspecified atom stereocenters. The Hall–Kier alpha value is -3.36. The molecule has 3 atom stereocenters. The summed E-state index contributed by atoms with van der Waals surface area (Å²) >= 11 is 6.77. The second-order valence-corrected chi connectivity index (χ2v) is 14.4. The summed E-state index contributed by atoms with van der Waals surface area (Å²) in [5, 5.41) is 1.73. The van der Waals surface area contributed by atoms with Crippen molar-refractivity contribution in [3.05, 3.63) is 80.3 Å². The highest BCUT2D eigenvalue weighted by Crippen LogP contribution is 2.44. The van der Waals surface area contributed by atoms with Gasteiger partial charge >= 0.3 is 12.4 Å². The largest absolute Gasteiger partial charge is 0.474 e. The van der Waals surface area contributed by atoms with Crippen LogP contribution in [0.4, 0.5) is 26.3 Å². The molecule has 6 rings (SSSR count). The molecule has 0 spiro atoms. The fourth-order valence-corrected chi connectivity index (χ4v) is 8.52. The fraction of sp³-hybridized carbons (Fsp3) is 0.514. The molecule has 0 saturated carbocycles. The first-order valence-electron chi connectivity index (χ1n) is 16.7. The van der Waals surface area contributed by atoms with Crippen molar-refractivity contribution in [2.75, 3.05) is 32.7 Å². The highest BCUT2D eigenvalue weighted by molar-refractivity contribution is 7.10. The molecule has 1 aromatic carbocycles.